The van der Waals surface area contributed by atoms with Crippen LogP contribution in [0.5, 0.6) is 0 Å². The molecule has 0 unspecified atom stereocenters. The second-order valence-electron chi connectivity index (χ2n) is 7.88. The number of fused-ring (bicyclic) bond motifs is 1. The summed E-state index contributed by atoms with van der Waals surface area (Å²) in [6, 6.07) is 1.38. The van der Waals surface area contributed by atoms with Crippen LogP contribution in [-0.4, -0.2) is 54.0 Å². The van der Waals surface area contributed by atoms with Gasteiger partial charge in [0.25, 0.3) is 6.43 Å². The number of likely N-dealkylation sites (tertiary alicyclic amines) is 1. The summed E-state index contributed by atoms with van der Waals surface area (Å²) in [6.07, 6.45) is 1.73. The zero-order valence-electron chi connectivity index (χ0n) is 14.7. The summed E-state index contributed by atoms with van der Waals surface area (Å²) in [5, 5.41) is 10.8. The van der Waals surface area contributed by atoms with Crippen LogP contribution in [0.4, 0.5) is 14.6 Å². The fourth-order valence-electron chi connectivity index (χ4n) is 4.81. The standard InChI is InChI=1S/C18H25ClF2N4O/c19-16-7-15(17(20)21)18(24-23-16)22-14-5-12-9-25(10-13(12)6-14)8-11-1-3-26-4-2-11/h7,11-14,17H,1-6,8-10H2,(H,22,24)/t12-,13-/m1/s1. The molecular formula is C18H25ClF2N4O. The lowest BCUT2D eigenvalue weighted by Gasteiger charge is -2.27. The predicted octanol–water partition coefficient (Wildman–Crippen LogP) is 3.62. The number of nitrogens with one attached hydrogen (secondary N) is 1. The Bertz CT molecular complexity index is 615. The van der Waals surface area contributed by atoms with Crippen molar-refractivity contribution in [1.29, 1.82) is 0 Å². The van der Waals surface area contributed by atoms with Crippen molar-refractivity contribution in [2.45, 2.75) is 38.2 Å². The molecule has 144 valence electrons. The number of rotatable bonds is 5. The maximum absolute atomic E-state index is 13.2. The number of nitrogens with zero attached hydrogens (tertiary/aromatic N) is 3. The van der Waals surface area contributed by atoms with Crippen LogP contribution in [0.15, 0.2) is 6.07 Å². The Hall–Kier alpha value is -1.05. The first kappa shape index (κ1) is 18.3. The number of hydrogen-bond acceptors (Lipinski definition) is 5. The van der Waals surface area contributed by atoms with Gasteiger partial charge in [-0.25, -0.2) is 8.78 Å². The Kier molecular flexibility index (Phi) is 5.57. The van der Waals surface area contributed by atoms with Crippen LogP contribution in [0, 0.1) is 17.8 Å². The van der Waals surface area contributed by atoms with Crippen molar-refractivity contribution < 1.29 is 13.5 Å². The highest BCUT2D eigenvalue weighted by Gasteiger charge is 2.41. The second kappa shape index (κ2) is 7.90. The number of anilines is 1. The molecule has 0 spiro atoms. The maximum Gasteiger partial charge on any atom is 0.267 e. The number of halogens is 3. The Morgan fingerprint density at radius 1 is 1.19 bits per heavy atom. The third-order valence-corrected chi connectivity index (χ3v) is 6.24. The Labute approximate surface area is 157 Å². The van der Waals surface area contributed by atoms with Crippen LogP contribution in [0.3, 0.4) is 0 Å². The van der Waals surface area contributed by atoms with Crippen molar-refractivity contribution in [3.05, 3.63) is 16.8 Å². The van der Waals surface area contributed by atoms with E-state index in [1.807, 2.05) is 0 Å². The summed E-state index contributed by atoms with van der Waals surface area (Å²) in [6.45, 7) is 5.20. The van der Waals surface area contributed by atoms with Gasteiger partial charge in [-0.3, -0.25) is 0 Å². The molecule has 2 saturated heterocycles. The lowest BCUT2D eigenvalue weighted by Crippen LogP contribution is -2.32. The van der Waals surface area contributed by atoms with E-state index in [9.17, 15) is 8.78 Å². The highest BCUT2D eigenvalue weighted by molar-refractivity contribution is 6.29. The normalized spacial score (nSPS) is 28.0. The van der Waals surface area contributed by atoms with Crippen molar-refractivity contribution in [3.63, 3.8) is 0 Å². The summed E-state index contributed by atoms with van der Waals surface area (Å²) < 4.78 is 31.9. The first-order valence-electron chi connectivity index (χ1n) is 9.46. The third-order valence-electron chi connectivity index (χ3n) is 6.05. The van der Waals surface area contributed by atoms with Crippen LogP contribution < -0.4 is 5.32 Å². The van der Waals surface area contributed by atoms with Crippen LogP contribution >= 0.6 is 11.6 Å². The molecule has 1 N–H and O–H groups in total. The first-order valence-corrected chi connectivity index (χ1v) is 9.84. The van der Waals surface area contributed by atoms with Gasteiger partial charge in [0.1, 0.15) is 0 Å². The van der Waals surface area contributed by atoms with E-state index < -0.39 is 6.43 Å². The molecule has 1 aliphatic carbocycles. The molecule has 0 amide bonds. The molecule has 4 rings (SSSR count). The summed E-state index contributed by atoms with van der Waals surface area (Å²) in [7, 11) is 0. The molecule has 2 atom stereocenters. The van der Waals surface area contributed by atoms with Gasteiger partial charge in [0.15, 0.2) is 11.0 Å². The average molecular weight is 387 g/mol. The predicted molar refractivity (Wildman–Crippen MR) is 95.6 cm³/mol. The maximum atomic E-state index is 13.2. The molecule has 1 saturated carbocycles. The van der Waals surface area contributed by atoms with E-state index in [1.54, 1.807) is 0 Å². The molecule has 2 aliphatic heterocycles. The molecule has 0 aromatic carbocycles. The van der Waals surface area contributed by atoms with Crippen molar-refractivity contribution in [2.24, 2.45) is 17.8 Å². The largest absolute Gasteiger partial charge is 0.381 e. The van der Waals surface area contributed by atoms with Gasteiger partial charge in [-0.05, 0) is 49.5 Å². The number of hydrogen-bond donors (Lipinski definition) is 1. The zero-order valence-corrected chi connectivity index (χ0v) is 15.5. The van der Waals surface area contributed by atoms with Crippen molar-refractivity contribution in [3.8, 4) is 0 Å². The average Bonchev–Trinajstić information content (AvgIpc) is 3.15. The van der Waals surface area contributed by atoms with Gasteiger partial charge < -0.3 is 15.0 Å². The fraction of sp³-hybridized carbons (Fsp3) is 0.778. The van der Waals surface area contributed by atoms with E-state index in [1.165, 1.54) is 25.5 Å². The van der Waals surface area contributed by atoms with E-state index in [4.69, 9.17) is 16.3 Å². The molecule has 8 heteroatoms. The number of ether oxygens (including phenoxy) is 1. The summed E-state index contributed by atoms with van der Waals surface area (Å²) in [4.78, 5) is 2.59. The summed E-state index contributed by atoms with van der Waals surface area (Å²) >= 11 is 5.70. The van der Waals surface area contributed by atoms with Gasteiger partial charge >= 0.3 is 0 Å². The lowest BCUT2D eigenvalue weighted by molar-refractivity contribution is 0.0545. The van der Waals surface area contributed by atoms with Gasteiger partial charge in [-0.1, -0.05) is 11.6 Å². The van der Waals surface area contributed by atoms with Gasteiger partial charge in [-0.2, -0.15) is 0 Å². The van der Waals surface area contributed by atoms with Crippen LogP contribution in [0.1, 0.15) is 37.7 Å². The number of aromatic nitrogens is 2. The smallest absolute Gasteiger partial charge is 0.267 e. The molecule has 1 aromatic rings. The molecule has 3 fully saturated rings. The monoisotopic (exact) mass is 386 g/mol. The Morgan fingerprint density at radius 2 is 1.88 bits per heavy atom. The molecule has 5 nitrogen and oxygen atoms in total. The van der Waals surface area contributed by atoms with E-state index >= 15 is 0 Å². The minimum atomic E-state index is -2.61. The highest BCUT2D eigenvalue weighted by Crippen LogP contribution is 2.40. The van der Waals surface area contributed by atoms with E-state index in [2.05, 4.69) is 20.4 Å². The fourth-order valence-corrected chi connectivity index (χ4v) is 4.97. The third kappa shape index (κ3) is 4.10. The van der Waals surface area contributed by atoms with Gasteiger partial charge in [-0.15, -0.1) is 10.2 Å². The topological polar surface area (TPSA) is 50.3 Å². The zero-order chi connectivity index (χ0) is 18.1. The Balaban J connectivity index is 1.31. The molecule has 3 heterocycles. The molecule has 1 aromatic heterocycles. The quantitative estimate of drug-likeness (QED) is 0.837. The van der Waals surface area contributed by atoms with Gasteiger partial charge in [0.05, 0.1) is 5.56 Å². The lowest BCUT2D eigenvalue weighted by atomic mass is 10.00. The molecule has 26 heavy (non-hydrogen) atoms. The first-order chi connectivity index (χ1) is 12.6. The summed E-state index contributed by atoms with van der Waals surface area (Å²) in [5.41, 5.74) is -0.164. The van der Waals surface area contributed by atoms with E-state index in [-0.39, 0.29) is 22.6 Å². The van der Waals surface area contributed by atoms with Crippen LogP contribution in [0.2, 0.25) is 5.15 Å². The summed E-state index contributed by atoms with van der Waals surface area (Å²) in [5.74, 6) is 2.22. The molecule has 0 bridgehead atoms. The molecule has 0 radical (unpaired) electrons. The van der Waals surface area contributed by atoms with E-state index in [0.29, 0.717) is 11.8 Å². The van der Waals surface area contributed by atoms with Crippen molar-refractivity contribution in [1.82, 2.24) is 15.1 Å². The molecule has 3 aliphatic rings. The van der Waals surface area contributed by atoms with Gasteiger partial charge in [0.2, 0.25) is 0 Å². The molecular weight excluding hydrogens is 362 g/mol. The minimum absolute atomic E-state index is 0.00195. The second-order valence-corrected chi connectivity index (χ2v) is 8.27. The van der Waals surface area contributed by atoms with Crippen LogP contribution in [-0.2, 0) is 4.74 Å². The number of alkyl halides is 2. The SMILES string of the molecule is FC(F)c1cc(Cl)nnc1NC1C[C@@H]2CN(CC3CCOCC3)C[C@H]2C1. The minimum Gasteiger partial charge on any atom is -0.381 e. The van der Waals surface area contributed by atoms with Crippen molar-refractivity contribution >= 4 is 17.4 Å². The van der Waals surface area contributed by atoms with Crippen LogP contribution in [0.25, 0.3) is 0 Å². The van der Waals surface area contributed by atoms with E-state index in [0.717, 1.165) is 45.1 Å². The highest BCUT2D eigenvalue weighted by atomic mass is 35.5. The van der Waals surface area contributed by atoms with Gasteiger partial charge in [0, 0.05) is 38.9 Å². The van der Waals surface area contributed by atoms with Crippen molar-refractivity contribution in [2.75, 3.05) is 38.2 Å². The Morgan fingerprint density at radius 3 is 2.54 bits per heavy atom.